The molecule has 1 fully saturated rings. The summed E-state index contributed by atoms with van der Waals surface area (Å²) in [5.41, 5.74) is 1.11. The Morgan fingerprint density at radius 1 is 1.69 bits per heavy atom. The monoisotopic (exact) mass is 238 g/mol. The van der Waals surface area contributed by atoms with E-state index < -0.39 is 0 Å². The van der Waals surface area contributed by atoms with Crippen molar-refractivity contribution in [3.8, 4) is 0 Å². The van der Waals surface area contributed by atoms with Crippen LogP contribution in [0.5, 0.6) is 0 Å². The fourth-order valence-electron chi connectivity index (χ4n) is 2.06. The molecule has 0 aliphatic carbocycles. The summed E-state index contributed by atoms with van der Waals surface area (Å²) in [6.07, 6.45) is 1.55. The highest BCUT2D eigenvalue weighted by molar-refractivity contribution is 7.07. The van der Waals surface area contributed by atoms with Crippen molar-refractivity contribution in [2.45, 2.75) is 25.8 Å². The summed E-state index contributed by atoms with van der Waals surface area (Å²) < 4.78 is 0. The summed E-state index contributed by atoms with van der Waals surface area (Å²) in [6.45, 7) is 4.19. The van der Waals surface area contributed by atoms with Crippen LogP contribution < -0.4 is 10.6 Å². The summed E-state index contributed by atoms with van der Waals surface area (Å²) in [5, 5.41) is 10.5. The van der Waals surface area contributed by atoms with Gasteiger partial charge >= 0.3 is 0 Å². The van der Waals surface area contributed by atoms with Crippen molar-refractivity contribution in [2.75, 3.05) is 13.1 Å². The lowest BCUT2D eigenvalue weighted by atomic mass is 9.95. The lowest BCUT2D eigenvalue weighted by Gasteiger charge is -2.30. The van der Waals surface area contributed by atoms with Crippen LogP contribution in [0.25, 0.3) is 0 Å². The Kier molecular flexibility index (Phi) is 3.96. The van der Waals surface area contributed by atoms with E-state index in [-0.39, 0.29) is 5.91 Å². The lowest BCUT2D eigenvalue weighted by Crippen LogP contribution is -2.48. The smallest absolute Gasteiger partial charge is 0.224 e. The first-order valence-corrected chi connectivity index (χ1v) is 6.71. The third kappa shape index (κ3) is 3.06. The maximum atomic E-state index is 11.8. The van der Waals surface area contributed by atoms with Gasteiger partial charge in [0, 0.05) is 6.04 Å². The van der Waals surface area contributed by atoms with Crippen molar-refractivity contribution in [3.63, 3.8) is 0 Å². The molecule has 0 radical (unpaired) electrons. The zero-order valence-electron chi connectivity index (χ0n) is 9.53. The molecule has 3 nitrogen and oxygen atoms in total. The number of piperidine rings is 1. The minimum Gasteiger partial charge on any atom is -0.353 e. The van der Waals surface area contributed by atoms with Crippen LogP contribution in [-0.4, -0.2) is 25.0 Å². The van der Waals surface area contributed by atoms with Gasteiger partial charge in [-0.3, -0.25) is 4.79 Å². The molecule has 2 unspecified atom stereocenters. The normalized spacial score (nSPS) is 25.3. The number of carbonyl (C=O) groups excluding carboxylic acids is 1. The van der Waals surface area contributed by atoms with Gasteiger partial charge in [0.05, 0.1) is 6.42 Å². The average Bonchev–Trinajstić information content (AvgIpc) is 2.74. The number of hydrogen-bond donors (Lipinski definition) is 2. The van der Waals surface area contributed by atoms with Crippen molar-refractivity contribution >= 4 is 17.2 Å². The van der Waals surface area contributed by atoms with E-state index in [4.69, 9.17) is 0 Å². The SMILES string of the molecule is CC1CNCCC1NC(=O)Cc1ccsc1. The Labute approximate surface area is 100 Å². The molecule has 1 aliphatic heterocycles. The Morgan fingerprint density at radius 3 is 3.25 bits per heavy atom. The van der Waals surface area contributed by atoms with Gasteiger partial charge < -0.3 is 10.6 Å². The van der Waals surface area contributed by atoms with Crippen molar-refractivity contribution in [1.29, 1.82) is 0 Å². The van der Waals surface area contributed by atoms with Crippen LogP contribution in [0, 0.1) is 5.92 Å². The molecular weight excluding hydrogens is 220 g/mol. The minimum absolute atomic E-state index is 0.150. The van der Waals surface area contributed by atoms with E-state index in [0.29, 0.717) is 18.4 Å². The van der Waals surface area contributed by atoms with Gasteiger partial charge in [0.15, 0.2) is 0 Å². The highest BCUT2D eigenvalue weighted by Crippen LogP contribution is 2.11. The van der Waals surface area contributed by atoms with E-state index in [9.17, 15) is 4.79 Å². The maximum Gasteiger partial charge on any atom is 0.224 e. The van der Waals surface area contributed by atoms with E-state index in [1.807, 2.05) is 16.8 Å². The second-order valence-electron chi connectivity index (χ2n) is 4.45. The molecule has 4 heteroatoms. The van der Waals surface area contributed by atoms with Gasteiger partial charge in [-0.2, -0.15) is 11.3 Å². The molecule has 0 saturated carbocycles. The van der Waals surface area contributed by atoms with Gasteiger partial charge in [-0.15, -0.1) is 0 Å². The van der Waals surface area contributed by atoms with E-state index in [1.165, 1.54) is 0 Å². The maximum absolute atomic E-state index is 11.8. The fourth-order valence-corrected chi connectivity index (χ4v) is 2.73. The quantitative estimate of drug-likeness (QED) is 0.836. The number of hydrogen-bond acceptors (Lipinski definition) is 3. The first-order chi connectivity index (χ1) is 7.75. The molecule has 0 bridgehead atoms. The molecule has 2 heterocycles. The average molecular weight is 238 g/mol. The Bertz CT molecular complexity index is 337. The molecule has 1 amide bonds. The highest BCUT2D eigenvalue weighted by Gasteiger charge is 2.22. The zero-order chi connectivity index (χ0) is 11.4. The molecule has 1 aromatic heterocycles. The minimum atomic E-state index is 0.150. The van der Waals surface area contributed by atoms with Crippen molar-refractivity contribution < 1.29 is 4.79 Å². The zero-order valence-corrected chi connectivity index (χ0v) is 10.3. The van der Waals surface area contributed by atoms with Gasteiger partial charge in [0.25, 0.3) is 0 Å². The molecule has 1 aromatic rings. The summed E-state index contributed by atoms with van der Waals surface area (Å²) in [6, 6.07) is 2.35. The van der Waals surface area contributed by atoms with Crippen molar-refractivity contribution in [2.24, 2.45) is 5.92 Å². The molecule has 2 N–H and O–H groups in total. The molecule has 1 aliphatic rings. The van der Waals surface area contributed by atoms with Gasteiger partial charge in [-0.05, 0) is 47.8 Å². The van der Waals surface area contributed by atoms with E-state index >= 15 is 0 Å². The molecule has 2 rings (SSSR count). The second kappa shape index (κ2) is 5.46. The third-order valence-corrected chi connectivity index (χ3v) is 3.81. The Balaban J connectivity index is 1.82. The second-order valence-corrected chi connectivity index (χ2v) is 5.23. The van der Waals surface area contributed by atoms with Crippen molar-refractivity contribution in [1.82, 2.24) is 10.6 Å². The summed E-state index contributed by atoms with van der Waals surface area (Å²) >= 11 is 1.64. The number of nitrogens with one attached hydrogen (secondary N) is 2. The van der Waals surface area contributed by atoms with Gasteiger partial charge in [0.2, 0.25) is 5.91 Å². The predicted molar refractivity (Wildman–Crippen MR) is 66.6 cm³/mol. The number of carbonyl (C=O) groups is 1. The molecule has 1 saturated heterocycles. The van der Waals surface area contributed by atoms with Gasteiger partial charge in [-0.25, -0.2) is 0 Å². The van der Waals surface area contributed by atoms with Crippen LogP contribution in [0.4, 0.5) is 0 Å². The standard InChI is InChI=1S/C12H18N2OS/c1-9-7-13-4-2-11(9)14-12(15)6-10-3-5-16-8-10/h3,5,8-9,11,13H,2,4,6-7H2,1H3,(H,14,15). The van der Waals surface area contributed by atoms with Gasteiger partial charge in [0.1, 0.15) is 0 Å². The van der Waals surface area contributed by atoms with Crippen LogP contribution in [0.2, 0.25) is 0 Å². The first kappa shape index (κ1) is 11.6. The van der Waals surface area contributed by atoms with Crippen LogP contribution in [-0.2, 0) is 11.2 Å². The lowest BCUT2D eigenvalue weighted by molar-refractivity contribution is -0.121. The Morgan fingerprint density at radius 2 is 2.56 bits per heavy atom. The topological polar surface area (TPSA) is 41.1 Å². The summed E-state index contributed by atoms with van der Waals surface area (Å²) in [5.74, 6) is 0.678. The number of rotatable bonds is 3. The van der Waals surface area contributed by atoms with Crippen LogP contribution in [0.15, 0.2) is 16.8 Å². The summed E-state index contributed by atoms with van der Waals surface area (Å²) in [7, 11) is 0. The summed E-state index contributed by atoms with van der Waals surface area (Å²) in [4.78, 5) is 11.8. The predicted octanol–water partition coefficient (Wildman–Crippen LogP) is 1.40. The molecule has 0 aromatic carbocycles. The number of amides is 1. The first-order valence-electron chi connectivity index (χ1n) is 5.77. The Hall–Kier alpha value is -0.870. The molecule has 2 atom stereocenters. The molecule has 16 heavy (non-hydrogen) atoms. The number of thiophene rings is 1. The van der Waals surface area contributed by atoms with E-state index in [2.05, 4.69) is 17.6 Å². The fraction of sp³-hybridized carbons (Fsp3) is 0.583. The molecule has 88 valence electrons. The van der Waals surface area contributed by atoms with Crippen LogP contribution in [0.1, 0.15) is 18.9 Å². The largest absolute Gasteiger partial charge is 0.353 e. The van der Waals surface area contributed by atoms with Crippen LogP contribution >= 0.6 is 11.3 Å². The van der Waals surface area contributed by atoms with Crippen LogP contribution in [0.3, 0.4) is 0 Å². The van der Waals surface area contributed by atoms with Gasteiger partial charge in [-0.1, -0.05) is 6.92 Å². The van der Waals surface area contributed by atoms with E-state index in [0.717, 1.165) is 25.1 Å². The molecular formula is C12H18N2OS. The third-order valence-electron chi connectivity index (χ3n) is 3.08. The highest BCUT2D eigenvalue weighted by atomic mass is 32.1. The molecule has 0 spiro atoms. The van der Waals surface area contributed by atoms with E-state index in [1.54, 1.807) is 11.3 Å². The van der Waals surface area contributed by atoms with Crippen molar-refractivity contribution in [3.05, 3.63) is 22.4 Å².